The highest BCUT2D eigenvalue weighted by Crippen LogP contribution is 2.24. The van der Waals surface area contributed by atoms with Gasteiger partial charge < -0.3 is 15.0 Å². The zero-order valence-corrected chi connectivity index (χ0v) is 18.0. The van der Waals surface area contributed by atoms with Gasteiger partial charge in [-0.2, -0.15) is 0 Å². The number of anilines is 2. The van der Waals surface area contributed by atoms with Crippen molar-refractivity contribution in [3.05, 3.63) is 76.3 Å². The van der Waals surface area contributed by atoms with Crippen molar-refractivity contribution in [2.75, 3.05) is 16.8 Å². The van der Waals surface area contributed by atoms with E-state index in [2.05, 4.69) is 10.3 Å². The van der Waals surface area contributed by atoms with Crippen LogP contribution in [0.4, 0.5) is 11.4 Å². The lowest BCUT2D eigenvalue weighted by Crippen LogP contribution is -2.23. The molecule has 6 nitrogen and oxygen atoms in total. The molecule has 1 aromatic heterocycles. The van der Waals surface area contributed by atoms with Gasteiger partial charge in [0.1, 0.15) is 12.4 Å². The normalized spacial score (nSPS) is 13.7. The molecule has 2 heterocycles. The average Bonchev–Trinajstić information content (AvgIpc) is 3.39. The third-order valence-electron chi connectivity index (χ3n) is 4.86. The Hall–Kier alpha value is -3.45. The molecule has 0 saturated carbocycles. The highest BCUT2D eigenvalue weighted by molar-refractivity contribution is 7.09. The van der Waals surface area contributed by atoms with Gasteiger partial charge in [-0.25, -0.2) is 4.98 Å². The van der Waals surface area contributed by atoms with Gasteiger partial charge in [-0.3, -0.25) is 9.59 Å². The van der Waals surface area contributed by atoms with E-state index in [0.717, 1.165) is 40.7 Å². The number of amides is 2. The lowest BCUT2D eigenvalue weighted by atomic mass is 10.2. The number of nitrogens with zero attached hydrogens (tertiary/aromatic N) is 2. The van der Waals surface area contributed by atoms with Gasteiger partial charge in [0.2, 0.25) is 11.8 Å². The third-order valence-corrected chi connectivity index (χ3v) is 5.68. The minimum Gasteiger partial charge on any atom is -0.487 e. The maximum absolute atomic E-state index is 12.3. The number of ether oxygens (including phenoxy) is 1. The first-order valence-electron chi connectivity index (χ1n) is 10.1. The molecule has 1 saturated heterocycles. The molecule has 1 fully saturated rings. The van der Waals surface area contributed by atoms with Gasteiger partial charge in [0.15, 0.2) is 0 Å². The Labute approximate surface area is 185 Å². The van der Waals surface area contributed by atoms with E-state index in [1.165, 1.54) is 6.08 Å². The van der Waals surface area contributed by atoms with Crippen LogP contribution in [0.15, 0.2) is 60.0 Å². The molecule has 3 aromatic rings. The Kier molecular flexibility index (Phi) is 6.43. The molecule has 0 aliphatic carbocycles. The van der Waals surface area contributed by atoms with E-state index in [0.29, 0.717) is 18.7 Å². The van der Waals surface area contributed by atoms with Crippen LogP contribution in [0.25, 0.3) is 6.08 Å². The standard InChI is InChI=1S/C24H23N3O3S/c1-17-25-20(16-31-17)15-30-22-10-7-18(8-11-22)9-12-23(28)26-19-4-2-5-21(14-19)27-13-3-6-24(27)29/h2,4-5,7-12,14,16H,3,6,13,15H2,1H3,(H,26,28)/b12-9+. The van der Waals surface area contributed by atoms with Crippen LogP contribution in [0, 0.1) is 6.92 Å². The van der Waals surface area contributed by atoms with E-state index in [9.17, 15) is 9.59 Å². The summed E-state index contributed by atoms with van der Waals surface area (Å²) in [5, 5.41) is 5.86. The second-order valence-corrected chi connectivity index (χ2v) is 8.30. The minimum atomic E-state index is -0.232. The number of thiazole rings is 1. The van der Waals surface area contributed by atoms with Gasteiger partial charge in [0.25, 0.3) is 0 Å². The molecule has 4 rings (SSSR count). The summed E-state index contributed by atoms with van der Waals surface area (Å²) in [6.07, 6.45) is 4.68. The van der Waals surface area contributed by atoms with E-state index in [1.54, 1.807) is 22.3 Å². The molecule has 158 valence electrons. The molecule has 7 heteroatoms. The first-order chi connectivity index (χ1) is 15.1. The molecule has 1 aliphatic rings. The quantitative estimate of drug-likeness (QED) is 0.543. The number of carbonyl (C=O) groups is 2. The largest absolute Gasteiger partial charge is 0.487 e. The second-order valence-electron chi connectivity index (χ2n) is 7.24. The number of benzene rings is 2. The van der Waals surface area contributed by atoms with Gasteiger partial charge in [0.05, 0.1) is 10.7 Å². The van der Waals surface area contributed by atoms with Gasteiger partial charge >= 0.3 is 0 Å². The SMILES string of the molecule is Cc1nc(COc2ccc(/C=C/C(=O)Nc3cccc(N4CCCC4=O)c3)cc2)cs1. The zero-order chi connectivity index (χ0) is 21.6. The van der Waals surface area contributed by atoms with E-state index in [1.807, 2.05) is 60.8 Å². The van der Waals surface area contributed by atoms with Crippen LogP contribution < -0.4 is 15.0 Å². The minimum absolute atomic E-state index is 0.123. The monoisotopic (exact) mass is 433 g/mol. The Bertz CT molecular complexity index is 1110. The Morgan fingerprint density at radius 1 is 1.26 bits per heavy atom. The number of nitrogens with one attached hydrogen (secondary N) is 1. The van der Waals surface area contributed by atoms with Crippen molar-refractivity contribution in [2.45, 2.75) is 26.4 Å². The van der Waals surface area contributed by atoms with Gasteiger partial charge in [-0.1, -0.05) is 18.2 Å². The number of hydrogen-bond donors (Lipinski definition) is 1. The molecule has 1 N–H and O–H groups in total. The maximum Gasteiger partial charge on any atom is 0.248 e. The van der Waals surface area contributed by atoms with Crippen molar-refractivity contribution in [3.63, 3.8) is 0 Å². The first kappa shape index (κ1) is 20.8. The number of carbonyl (C=O) groups excluding carboxylic acids is 2. The summed E-state index contributed by atoms with van der Waals surface area (Å²) in [6, 6.07) is 14.9. The van der Waals surface area contributed by atoms with Crippen molar-refractivity contribution >= 4 is 40.6 Å². The van der Waals surface area contributed by atoms with Crippen molar-refractivity contribution in [3.8, 4) is 5.75 Å². The number of aryl methyl sites for hydroxylation is 1. The van der Waals surface area contributed by atoms with Crippen molar-refractivity contribution < 1.29 is 14.3 Å². The summed E-state index contributed by atoms with van der Waals surface area (Å²) in [5.74, 6) is 0.641. The van der Waals surface area contributed by atoms with Gasteiger partial charge in [0, 0.05) is 35.8 Å². The van der Waals surface area contributed by atoms with Crippen LogP contribution in [0.1, 0.15) is 29.1 Å². The van der Waals surface area contributed by atoms with Crippen molar-refractivity contribution in [1.29, 1.82) is 0 Å². The topological polar surface area (TPSA) is 71.5 Å². The van der Waals surface area contributed by atoms with Crippen LogP contribution in [-0.4, -0.2) is 23.3 Å². The van der Waals surface area contributed by atoms with Gasteiger partial charge in [-0.05, 0) is 55.3 Å². The Morgan fingerprint density at radius 2 is 2.10 bits per heavy atom. The van der Waals surface area contributed by atoms with E-state index in [4.69, 9.17) is 4.74 Å². The molecular formula is C24H23N3O3S. The van der Waals surface area contributed by atoms with E-state index in [-0.39, 0.29) is 11.8 Å². The Morgan fingerprint density at radius 3 is 2.81 bits per heavy atom. The fraction of sp³-hybridized carbons (Fsp3) is 0.208. The molecule has 31 heavy (non-hydrogen) atoms. The van der Waals surface area contributed by atoms with Crippen LogP contribution in [0.3, 0.4) is 0 Å². The lowest BCUT2D eigenvalue weighted by molar-refractivity contribution is -0.117. The predicted octanol–water partition coefficient (Wildman–Crippen LogP) is 4.81. The fourth-order valence-corrected chi connectivity index (χ4v) is 3.93. The number of rotatable bonds is 7. The van der Waals surface area contributed by atoms with Crippen molar-refractivity contribution in [1.82, 2.24) is 4.98 Å². The maximum atomic E-state index is 12.3. The third kappa shape index (κ3) is 5.58. The highest BCUT2D eigenvalue weighted by atomic mass is 32.1. The number of hydrogen-bond acceptors (Lipinski definition) is 5. The smallest absolute Gasteiger partial charge is 0.248 e. The number of aromatic nitrogens is 1. The lowest BCUT2D eigenvalue weighted by Gasteiger charge is -2.16. The molecule has 0 bridgehead atoms. The van der Waals surface area contributed by atoms with Crippen LogP contribution in [0.5, 0.6) is 5.75 Å². The molecule has 0 spiro atoms. The van der Waals surface area contributed by atoms with Gasteiger partial charge in [-0.15, -0.1) is 11.3 Å². The molecule has 0 unspecified atom stereocenters. The zero-order valence-electron chi connectivity index (χ0n) is 17.2. The first-order valence-corrected chi connectivity index (χ1v) is 11.0. The van der Waals surface area contributed by atoms with Crippen molar-refractivity contribution in [2.24, 2.45) is 0 Å². The second kappa shape index (κ2) is 9.57. The summed E-state index contributed by atoms with van der Waals surface area (Å²) in [6.45, 7) is 3.12. The van der Waals surface area contributed by atoms with Crippen LogP contribution in [-0.2, 0) is 16.2 Å². The summed E-state index contributed by atoms with van der Waals surface area (Å²) >= 11 is 1.60. The van der Waals surface area contributed by atoms with Crippen LogP contribution >= 0.6 is 11.3 Å². The molecule has 0 atom stereocenters. The fourth-order valence-electron chi connectivity index (χ4n) is 3.34. The summed E-state index contributed by atoms with van der Waals surface area (Å²) in [7, 11) is 0. The molecule has 2 amide bonds. The summed E-state index contributed by atoms with van der Waals surface area (Å²) in [4.78, 5) is 30.4. The highest BCUT2D eigenvalue weighted by Gasteiger charge is 2.21. The molecule has 0 radical (unpaired) electrons. The van der Waals surface area contributed by atoms with Crippen LogP contribution in [0.2, 0.25) is 0 Å². The molecule has 2 aromatic carbocycles. The summed E-state index contributed by atoms with van der Waals surface area (Å²) in [5.41, 5.74) is 3.28. The van der Waals surface area contributed by atoms with E-state index < -0.39 is 0 Å². The summed E-state index contributed by atoms with van der Waals surface area (Å²) < 4.78 is 5.74. The molecular weight excluding hydrogens is 410 g/mol. The average molecular weight is 434 g/mol. The van der Waals surface area contributed by atoms with E-state index >= 15 is 0 Å². The predicted molar refractivity (Wildman–Crippen MR) is 123 cm³/mol. The Balaban J connectivity index is 1.31. The molecule has 1 aliphatic heterocycles.